The molecule has 174 valence electrons. The highest BCUT2D eigenvalue weighted by molar-refractivity contribution is 7.92. The average Bonchev–Trinajstić information content (AvgIpc) is 3.03. The van der Waals surface area contributed by atoms with Crippen molar-refractivity contribution in [2.24, 2.45) is 0 Å². The van der Waals surface area contributed by atoms with Crippen molar-refractivity contribution in [1.82, 2.24) is 15.1 Å². The van der Waals surface area contributed by atoms with Gasteiger partial charge in [0, 0.05) is 12.2 Å². The first-order valence-electron chi connectivity index (χ1n) is 9.93. The first-order chi connectivity index (χ1) is 16.2. The second-order valence-electron chi connectivity index (χ2n) is 7.18. The van der Waals surface area contributed by atoms with Crippen LogP contribution in [0.5, 0.6) is 0 Å². The van der Waals surface area contributed by atoms with E-state index in [0.717, 1.165) is 10.5 Å². The minimum atomic E-state index is -3.93. The first kappa shape index (κ1) is 23.7. The molecule has 34 heavy (non-hydrogen) atoms. The predicted octanol–water partition coefficient (Wildman–Crippen LogP) is 3.40. The lowest BCUT2D eigenvalue weighted by atomic mass is 10.1. The fraction of sp³-hybridized carbons (Fsp3) is 0.0909. The molecular formula is C22H17Cl2N5O4S. The van der Waals surface area contributed by atoms with Gasteiger partial charge in [-0.05, 0) is 48.4 Å². The number of rotatable bonds is 8. The Balaban J connectivity index is 1.43. The number of halogens is 2. The van der Waals surface area contributed by atoms with Gasteiger partial charge in [0.15, 0.2) is 11.0 Å². The summed E-state index contributed by atoms with van der Waals surface area (Å²) in [7, 11) is -3.93. The summed E-state index contributed by atoms with van der Waals surface area (Å²) in [5, 5.41) is 9.97. The summed E-state index contributed by atoms with van der Waals surface area (Å²) in [4.78, 5) is 26.3. The van der Waals surface area contributed by atoms with Crippen LogP contribution in [0.25, 0.3) is 0 Å². The van der Waals surface area contributed by atoms with Crippen molar-refractivity contribution in [3.8, 4) is 0 Å². The zero-order chi connectivity index (χ0) is 24.3. The molecule has 4 rings (SSSR count). The second-order valence-corrected chi connectivity index (χ2v) is 9.63. The van der Waals surface area contributed by atoms with Crippen molar-refractivity contribution >= 4 is 56.5 Å². The molecule has 0 radical (unpaired) electrons. The Kier molecular flexibility index (Phi) is 6.82. The number of aromatic nitrogens is 2. The molecule has 9 nitrogen and oxygen atoms in total. The first-order valence-corrected chi connectivity index (χ1v) is 12.2. The van der Waals surface area contributed by atoms with E-state index in [1.165, 1.54) is 36.4 Å². The van der Waals surface area contributed by atoms with Gasteiger partial charge < -0.3 is 5.32 Å². The highest BCUT2D eigenvalue weighted by Crippen LogP contribution is 2.26. The lowest BCUT2D eigenvalue weighted by Gasteiger charge is -2.15. The number of nitrogens with one attached hydrogen (secondary N) is 2. The summed E-state index contributed by atoms with van der Waals surface area (Å²) in [6, 6.07) is 17.8. The van der Waals surface area contributed by atoms with E-state index in [-0.39, 0.29) is 33.1 Å². The van der Waals surface area contributed by atoms with Crippen LogP contribution in [-0.4, -0.2) is 41.9 Å². The average molecular weight is 518 g/mol. The number of hydrogen-bond acceptors (Lipinski definition) is 7. The van der Waals surface area contributed by atoms with Crippen LogP contribution < -0.4 is 10.0 Å². The smallest absolute Gasteiger partial charge is 0.278 e. The molecule has 3 aromatic rings. The van der Waals surface area contributed by atoms with E-state index in [9.17, 15) is 18.0 Å². The van der Waals surface area contributed by atoms with Crippen LogP contribution in [-0.2, 0) is 26.0 Å². The quantitative estimate of drug-likeness (QED) is 0.439. The summed E-state index contributed by atoms with van der Waals surface area (Å²) in [6.45, 7) is 0.180. The van der Waals surface area contributed by atoms with Gasteiger partial charge in [-0.1, -0.05) is 53.5 Å². The van der Waals surface area contributed by atoms with Crippen molar-refractivity contribution < 1.29 is 18.0 Å². The number of carbonyl (C=O) groups excluding carboxylic acids is 2. The molecular weight excluding hydrogens is 501 g/mol. The van der Waals surface area contributed by atoms with E-state index in [4.69, 9.17) is 23.2 Å². The molecule has 1 aromatic heterocycles. The molecule has 12 heteroatoms. The standard InChI is InChI=1S/C22H17Cl2N5O4S/c23-17-10-11-18(27-26-17)28-34(32,33)16-8-6-15(7-9-16)25-20-19(24)21(30)29(22(20)31)13-12-14-4-2-1-3-5-14/h1-11,25H,12-13H2,(H,27,28). The van der Waals surface area contributed by atoms with Crippen molar-refractivity contribution in [3.63, 3.8) is 0 Å². The molecule has 2 amide bonds. The molecule has 0 bridgehead atoms. The molecule has 0 saturated heterocycles. The number of imide groups is 1. The van der Waals surface area contributed by atoms with Crippen LogP contribution in [0.1, 0.15) is 5.56 Å². The van der Waals surface area contributed by atoms with Crippen LogP contribution in [0.3, 0.4) is 0 Å². The molecule has 2 N–H and O–H groups in total. The fourth-order valence-electron chi connectivity index (χ4n) is 3.17. The van der Waals surface area contributed by atoms with Gasteiger partial charge in [0.2, 0.25) is 0 Å². The normalized spacial score (nSPS) is 14.0. The summed E-state index contributed by atoms with van der Waals surface area (Å²) in [5.74, 6) is -1.13. The molecule has 0 aliphatic carbocycles. The predicted molar refractivity (Wildman–Crippen MR) is 128 cm³/mol. The number of benzene rings is 2. The summed E-state index contributed by atoms with van der Waals surface area (Å²) < 4.78 is 27.4. The van der Waals surface area contributed by atoms with Crippen LogP contribution in [0.2, 0.25) is 5.15 Å². The fourth-order valence-corrected chi connectivity index (χ4v) is 4.50. The largest absolute Gasteiger partial charge is 0.350 e. The molecule has 1 aliphatic heterocycles. The lowest BCUT2D eigenvalue weighted by Crippen LogP contribution is -2.34. The number of amides is 2. The Hall–Kier alpha value is -3.47. The van der Waals surface area contributed by atoms with Gasteiger partial charge in [-0.3, -0.25) is 19.2 Å². The highest BCUT2D eigenvalue weighted by Gasteiger charge is 2.37. The monoisotopic (exact) mass is 517 g/mol. The molecule has 0 unspecified atom stereocenters. The summed E-state index contributed by atoms with van der Waals surface area (Å²) in [5.41, 5.74) is 1.30. The van der Waals surface area contributed by atoms with Crippen molar-refractivity contribution in [1.29, 1.82) is 0 Å². The van der Waals surface area contributed by atoms with E-state index in [2.05, 4.69) is 20.2 Å². The number of anilines is 2. The molecule has 0 spiro atoms. The van der Waals surface area contributed by atoms with Gasteiger partial charge in [0.1, 0.15) is 10.7 Å². The molecule has 0 saturated carbocycles. The third-order valence-corrected chi connectivity index (χ3v) is 6.81. The topological polar surface area (TPSA) is 121 Å². The molecule has 0 fully saturated rings. The highest BCUT2D eigenvalue weighted by atomic mass is 35.5. The summed E-state index contributed by atoms with van der Waals surface area (Å²) >= 11 is 11.8. The number of nitrogens with zero attached hydrogens (tertiary/aromatic N) is 3. The van der Waals surface area contributed by atoms with Crippen molar-refractivity contribution in [2.75, 3.05) is 16.6 Å². The van der Waals surface area contributed by atoms with E-state index < -0.39 is 21.8 Å². The maximum absolute atomic E-state index is 12.8. The van der Waals surface area contributed by atoms with Gasteiger partial charge >= 0.3 is 0 Å². The SMILES string of the molecule is O=C1C(Cl)=C(Nc2ccc(S(=O)(=O)Nc3ccc(Cl)nn3)cc2)C(=O)N1CCc1ccccc1. The maximum atomic E-state index is 12.8. The van der Waals surface area contributed by atoms with Crippen molar-refractivity contribution in [3.05, 3.63) is 88.2 Å². The van der Waals surface area contributed by atoms with Gasteiger partial charge in [-0.15, -0.1) is 10.2 Å². The van der Waals surface area contributed by atoms with E-state index >= 15 is 0 Å². The van der Waals surface area contributed by atoms with Crippen LogP contribution in [0.15, 0.2) is 82.4 Å². The van der Waals surface area contributed by atoms with Crippen LogP contribution in [0.4, 0.5) is 11.5 Å². The maximum Gasteiger partial charge on any atom is 0.278 e. The number of hydrogen-bond donors (Lipinski definition) is 2. The minimum Gasteiger partial charge on any atom is -0.350 e. The van der Waals surface area contributed by atoms with Gasteiger partial charge in [0.25, 0.3) is 21.8 Å². The lowest BCUT2D eigenvalue weighted by molar-refractivity contribution is -0.137. The van der Waals surface area contributed by atoms with Gasteiger partial charge in [-0.25, -0.2) is 8.42 Å². The van der Waals surface area contributed by atoms with Gasteiger partial charge in [0.05, 0.1) is 4.90 Å². The van der Waals surface area contributed by atoms with E-state index in [0.29, 0.717) is 12.1 Å². The zero-order valence-corrected chi connectivity index (χ0v) is 19.7. The molecule has 2 heterocycles. The van der Waals surface area contributed by atoms with Crippen LogP contribution in [0, 0.1) is 0 Å². The zero-order valence-electron chi connectivity index (χ0n) is 17.4. The Labute approximate surface area is 205 Å². The Morgan fingerprint density at radius 1 is 0.853 bits per heavy atom. The number of carbonyl (C=O) groups is 2. The van der Waals surface area contributed by atoms with Gasteiger partial charge in [-0.2, -0.15) is 0 Å². The Morgan fingerprint density at radius 3 is 2.21 bits per heavy atom. The molecule has 1 aliphatic rings. The third-order valence-electron chi connectivity index (χ3n) is 4.88. The van der Waals surface area contributed by atoms with Crippen LogP contribution >= 0.6 is 23.2 Å². The number of sulfonamides is 1. The van der Waals surface area contributed by atoms with Crippen molar-refractivity contribution in [2.45, 2.75) is 11.3 Å². The Morgan fingerprint density at radius 2 is 1.56 bits per heavy atom. The Bertz CT molecular complexity index is 1360. The third kappa shape index (κ3) is 5.19. The molecule has 0 atom stereocenters. The molecule has 2 aromatic carbocycles. The van der Waals surface area contributed by atoms with E-state index in [1.54, 1.807) is 0 Å². The minimum absolute atomic E-state index is 0.00852. The van der Waals surface area contributed by atoms with E-state index in [1.807, 2.05) is 30.3 Å². The summed E-state index contributed by atoms with van der Waals surface area (Å²) in [6.07, 6.45) is 0.493. The second kappa shape index (κ2) is 9.80.